The molecule has 1 aromatic heterocycles. The second kappa shape index (κ2) is 11.2. The van der Waals surface area contributed by atoms with Gasteiger partial charge in [0.15, 0.2) is 0 Å². The van der Waals surface area contributed by atoms with Crippen LogP contribution in [-0.2, 0) is 6.54 Å². The summed E-state index contributed by atoms with van der Waals surface area (Å²) in [7, 11) is 1.69. The zero-order chi connectivity index (χ0) is 24.1. The molecule has 1 aliphatic rings. The normalized spacial score (nSPS) is 18.4. The Hall–Kier alpha value is -2.70. The highest BCUT2D eigenvalue weighted by molar-refractivity contribution is 7.09. The Morgan fingerprint density at radius 2 is 1.94 bits per heavy atom. The Labute approximate surface area is 206 Å². The van der Waals surface area contributed by atoms with Crippen molar-refractivity contribution in [3.63, 3.8) is 0 Å². The zero-order valence-corrected chi connectivity index (χ0v) is 20.9. The van der Waals surface area contributed by atoms with Gasteiger partial charge in [0.2, 0.25) is 0 Å². The van der Waals surface area contributed by atoms with Crippen molar-refractivity contribution in [1.82, 2.24) is 9.80 Å². The van der Waals surface area contributed by atoms with Gasteiger partial charge in [0.05, 0.1) is 7.11 Å². The number of thiophene rings is 1. The number of amides is 1. The van der Waals surface area contributed by atoms with Crippen molar-refractivity contribution in [1.29, 1.82) is 0 Å². The van der Waals surface area contributed by atoms with Crippen molar-refractivity contribution in [2.45, 2.75) is 26.3 Å². The predicted octanol–water partition coefficient (Wildman–Crippen LogP) is 5.91. The maximum absolute atomic E-state index is 13.4. The van der Waals surface area contributed by atoms with Crippen LogP contribution in [0.1, 0.15) is 40.6 Å². The van der Waals surface area contributed by atoms with E-state index in [1.807, 2.05) is 17.0 Å². The summed E-state index contributed by atoms with van der Waals surface area (Å²) in [4.78, 5) is 19.2. The number of carbonyl (C=O) groups excluding carboxylic acids is 1. The SMILES string of the molecule is COc1cccc([C@@H]2CN(Cc3cccs3)C[C@H]2CN(CC(C)C)C(=O)c2ccc(F)cc2)c1. The number of hydrogen-bond acceptors (Lipinski definition) is 4. The van der Waals surface area contributed by atoms with Crippen LogP contribution in [0, 0.1) is 17.7 Å². The van der Waals surface area contributed by atoms with Crippen molar-refractivity contribution in [2.75, 3.05) is 33.3 Å². The Bertz CT molecular complexity index is 1070. The molecule has 34 heavy (non-hydrogen) atoms. The summed E-state index contributed by atoms with van der Waals surface area (Å²) in [6, 6.07) is 18.5. The van der Waals surface area contributed by atoms with Crippen molar-refractivity contribution >= 4 is 17.2 Å². The number of carbonyl (C=O) groups is 1. The van der Waals surface area contributed by atoms with E-state index in [0.29, 0.717) is 30.5 Å². The van der Waals surface area contributed by atoms with E-state index >= 15 is 0 Å². The van der Waals surface area contributed by atoms with Gasteiger partial charge in [0.25, 0.3) is 5.91 Å². The van der Waals surface area contributed by atoms with Gasteiger partial charge in [-0.1, -0.05) is 32.0 Å². The lowest BCUT2D eigenvalue weighted by Crippen LogP contribution is -2.39. The van der Waals surface area contributed by atoms with Crippen molar-refractivity contribution in [3.8, 4) is 5.75 Å². The average molecular weight is 481 g/mol. The van der Waals surface area contributed by atoms with Gasteiger partial charge in [-0.3, -0.25) is 9.69 Å². The fourth-order valence-corrected chi connectivity index (χ4v) is 5.63. The first-order valence-electron chi connectivity index (χ1n) is 11.9. The third kappa shape index (κ3) is 6.05. The smallest absolute Gasteiger partial charge is 0.253 e. The maximum atomic E-state index is 13.4. The highest BCUT2D eigenvalue weighted by Crippen LogP contribution is 2.36. The molecule has 2 atom stereocenters. The number of nitrogens with zero attached hydrogens (tertiary/aromatic N) is 2. The van der Waals surface area contributed by atoms with Crippen LogP contribution in [0.15, 0.2) is 66.0 Å². The molecule has 4 rings (SSSR count). The largest absolute Gasteiger partial charge is 0.497 e. The van der Waals surface area contributed by atoms with E-state index in [1.54, 1.807) is 30.6 Å². The van der Waals surface area contributed by atoms with Crippen LogP contribution >= 0.6 is 11.3 Å². The van der Waals surface area contributed by atoms with Gasteiger partial charge in [0, 0.05) is 49.1 Å². The number of hydrogen-bond donors (Lipinski definition) is 0. The molecule has 0 aliphatic carbocycles. The van der Waals surface area contributed by atoms with E-state index in [-0.39, 0.29) is 17.6 Å². The highest BCUT2D eigenvalue weighted by Gasteiger charge is 2.36. The third-order valence-electron chi connectivity index (χ3n) is 6.42. The summed E-state index contributed by atoms with van der Waals surface area (Å²) in [5.74, 6) is 1.42. The number of benzene rings is 2. The monoisotopic (exact) mass is 480 g/mol. The third-order valence-corrected chi connectivity index (χ3v) is 7.28. The molecular formula is C28H33FN2O2S. The standard InChI is InChI=1S/C28H33FN2O2S/c1-20(2)15-31(28(32)21-9-11-24(29)12-10-21)17-23-16-30(18-26-8-5-13-34-26)19-27(23)22-6-4-7-25(14-22)33-3/h4-14,20,23,27H,15-19H2,1-3H3/t23-,27-/m0/s1. The Morgan fingerprint density at radius 1 is 1.15 bits per heavy atom. The molecule has 0 saturated carbocycles. The molecule has 0 spiro atoms. The summed E-state index contributed by atoms with van der Waals surface area (Å²) >= 11 is 1.78. The van der Waals surface area contributed by atoms with Gasteiger partial charge in [-0.15, -0.1) is 11.3 Å². The highest BCUT2D eigenvalue weighted by atomic mass is 32.1. The number of rotatable bonds is 9. The number of halogens is 1. The molecule has 0 bridgehead atoms. The maximum Gasteiger partial charge on any atom is 0.253 e. The fourth-order valence-electron chi connectivity index (χ4n) is 4.89. The summed E-state index contributed by atoms with van der Waals surface area (Å²) in [6.07, 6.45) is 0. The van der Waals surface area contributed by atoms with Crippen LogP contribution < -0.4 is 4.74 Å². The molecular weight excluding hydrogens is 447 g/mol. The molecule has 3 aromatic rings. The number of likely N-dealkylation sites (tertiary alicyclic amines) is 1. The van der Waals surface area contributed by atoms with E-state index in [4.69, 9.17) is 4.74 Å². The first kappa shape index (κ1) is 24.4. The lowest BCUT2D eigenvalue weighted by atomic mass is 9.88. The average Bonchev–Trinajstić information content (AvgIpc) is 3.48. The van der Waals surface area contributed by atoms with Crippen molar-refractivity contribution in [3.05, 3.63) is 87.9 Å². The molecule has 0 N–H and O–H groups in total. The van der Waals surface area contributed by atoms with E-state index in [1.165, 1.54) is 22.6 Å². The summed E-state index contributed by atoms with van der Waals surface area (Å²) in [5, 5.41) is 2.12. The minimum Gasteiger partial charge on any atom is -0.497 e. The second-order valence-electron chi connectivity index (χ2n) is 9.53. The van der Waals surface area contributed by atoms with Gasteiger partial charge in [-0.2, -0.15) is 0 Å². The summed E-state index contributed by atoms with van der Waals surface area (Å²) in [5.41, 5.74) is 1.78. The molecule has 1 aliphatic heterocycles. The molecule has 2 aromatic carbocycles. The number of ether oxygens (including phenoxy) is 1. The molecule has 1 fully saturated rings. The van der Waals surface area contributed by atoms with Gasteiger partial charge >= 0.3 is 0 Å². The van der Waals surface area contributed by atoms with Crippen LogP contribution in [-0.4, -0.2) is 49.0 Å². The molecule has 0 unspecified atom stereocenters. The summed E-state index contributed by atoms with van der Waals surface area (Å²) < 4.78 is 18.9. The quantitative estimate of drug-likeness (QED) is 0.382. The molecule has 2 heterocycles. The Kier molecular flexibility index (Phi) is 8.01. The van der Waals surface area contributed by atoms with Crippen LogP contribution in [0.25, 0.3) is 0 Å². The second-order valence-corrected chi connectivity index (χ2v) is 10.6. The van der Waals surface area contributed by atoms with Crippen LogP contribution in [0.4, 0.5) is 4.39 Å². The minimum atomic E-state index is -0.329. The van der Waals surface area contributed by atoms with Gasteiger partial charge in [0.1, 0.15) is 11.6 Å². The molecule has 1 amide bonds. The Balaban J connectivity index is 1.59. The van der Waals surface area contributed by atoms with E-state index in [2.05, 4.69) is 48.4 Å². The molecule has 0 radical (unpaired) electrons. The van der Waals surface area contributed by atoms with Crippen LogP contribution in [0.5, 0.6) is 5.75 Å². The van der Waals surface area contributed by atoms with E-state index < -0.39 is 0 Å². The predicted molar refractivity (Wildman–Crippen MR) is 136 cm³/mol. The van der Waals surface area contributed by atoms with Crippen molar-refractivity contribution < 1.29 is 13.9 Å². The lowest BCUT2D eigenvalue weighted by molar-refractivity contribution is 0.0703. The van der Waals surface area contributed by atoms with E-state index in [9.17, 15) is 9.18 Å². The molecule has 1 saturated heterocycles. The molecule has 4 nitrogen and oxygen atoms in total. The van der Waals surface area contributed by atoms with Crippen molar-refractivity contribution in [2.24, 2.45) is 11.8 Å². The summed E-state index contributed by atoms with van der Waals surface area (Å²) in [6.45, 7) is 8.37. The fraction of sp³-hybridized carbons (Fsp3) is 0.393. The number of methoxy groups -OCH3 is 1. The van der Waals surface area contributed by atoms with Crippen LogP contribution in [0.2, 0.25) is 0 Å². The molecule has 6 heteroatoms. The van der Waals surface area contributed by atoms with Crippen LogP contribution in [0.3, 0.4) is 0 Å². The zero-order valence-electron chi connectivity index (χ0n) is 20.1. The van der Waals surface area contributed by atoms with E-state index in [0.717, 1.165) is 25.4 Å². The van der Waals surface area contributed by atoms with Gasteiger partial charge in [-0.25, -0.2) is 4.39 Å². The van der Waals surface area contributed by atoms with Gasteiger partial charge in [-0.05, 0) is 65.2 Å². The first-order chi connectivity index (χ1) is 16.4. The first-order valence-corrected chi connectivity index (χ1v) is 12.7. The lowest BCUT2D eigenvalue weighted by Gasteiger charge is -2.30. The Morgan fingerprint density at radius 3 is 2.62 bits per heavy atom. The minimum absolute atomic E-state index is 0.0326. The van der Waals surface area contributed by atoms with Gasteiger partial charge < -0.3 is 9.64 Å². The molecule has 180 valence electrons. The topological polar surface area (TPSA) is 32.8 Å².